The maximum Gasteiger partial charge on any atom is 0.191 e. The SMILES string of the molecule is CN=C(NCC(c1ccc(F)cc1)N1CCOCC1)NC1CCS(=O)(=O)C1.I. The Kier molecular flexibility index (Phi) is 8.90. The van der Waals surface area contributed by atoms with Crippen molar-refractivity contribution < 1.29 is 17.5 Å². The van der Waals surface area contributed by atoms with Crippen LogP contribution in [0.4, 0.5) is 4.39 Å². The molecular weight excluding hydrogens is 498 g/mol. The first kappa shape index (κ1) is 23.3. The predicted molar refractivity (Wildman–Crippen MR) is 119 cm³/mol. The number of benzene rings is 1. The normalized spacial score (nSPS) is 23.6. The van der Waals surface area contributed by atoms with Crippen LogP contribution in [0.25, 0.3) is 0 Å². The van der Waals surface area contributed by atoms with Crippen LogP contribution in [0, 0.1) is 5.82 Å². The number of morpholine rings is 1. The second-order valence-electron chi connectivity index (χ2n) is 6.91. The van der Waals surface area contributed by atoms with E-state index in [1.54, 1.807) is 19.2 Å². The van der Waals surface area contributed by atoms with Crippen molar-refractivity contribution in [2.45, 2.75) is 18.5 Å². The van der Waals surface area contributed by atoms with Crippen molar-refractivity contribution in [1.29, 1.82) is 0 Å². The van der Waals surface area contributed by atoms with Crippen LogP contribution in [0.15, 0.2) is 29.3 Å². The highest BCUT2D eigenvalue weighted by Gasteiger charge is 2.29. The van der Waals surface area contributed by atoms with Gasteiger partial charge in [0.15, 0.2) is 15.8 Å². The van der Waals surface area contributed by atoms with E-state index in [0.29, 0.717) is 32.1 Å². The first-order chi connectivity index (χ1) is 13.0. The minimum Gasteiger partial charge on any atom is -0.379 e. The first-order valence-corrected chi connectivity index (χ1v) is 11.0. The van der Waals surface area contributed by atoms with Crippen LogP contribution in [0.2, 0.25) is 0 Å². The van der Waals surface area contributed by atoms with Crippen molar-refractivity contribution in [2.24, 2.45) is 4.99 Å². The van der Waals surface area contributed by atoms with Crippen molar-refractivity contribution in [3.63, 3.8) is 0 Å². The van der Waals surface area contributed by atoms with Gasteiger partial charge in [-0.2, -0.15) is 0 Å². The number of nitrogens with one attached hydrogen (secondary N) is 2. The second kappa shape index (κ2) is 10.7. The molecule has 1 aromatic carbocycles. The summed E-state index contributed by atoms with van der Waals surface area (Å²) in [5.74, 6) is 0.677. The van der Waals surface area contributed by atoms with Gasteiger partial charge >= 0.3 is 0 Å². The number of sulfone groups is 1. The minimum absolute atomic E-state index is 0. The second-order valence-corrected chi connectivity index (χ2v) is 9.14. The Morgan fingerprint density at radius 2 is 2.00 bits per heavy atom. The summed E-state index contributed by atoms with van der Waals surface area (Å²) in [6, 6.07) is 6.47. The molecule has 0 saturated carbocycles. The van der Waals surface area contributed by atoms with Gasteiger partial charge in [0.05, 0.1) is 30.8 Å². The average molecular weight is 526 g/mol. The number of hydrogen-bond acceptors (Lipinski definition) is 5. The van der Waals surface area contributed by atoms with Crippen molar-refractivity contribution in [2.75, 3.05) is 51.4 Å². The van der Waals surface area contributed by atoms with E-state index in [1.807, 2.05) is 0 Å². The summed E-state index contributed by atoms with van der Waals surface area (Å²) < 4.78 is 42.1. The van der Waals surface area contributed by atoms with E-state index in [2.05, 4.69) is 20.5 Å². The van der Waals surface area contributed by atoms with E-state index < -0.39 is 9.84 Å². The predicted octanol–water partition coefficient (Wildman–Crippen LogP) is 1.17. The van der Waals surface area contributed by atoms with Gasteiger partial charge in [-0.1, -0.05) is 12.1 Å². The van der Waals surface area contributed by atoms with E-state index in [1.165, 1.54) is 12.1 Å². The van der Waals surface area contributed by atoms with Crippen LogP contribution in [0.3, 0.4) is 0 Å². The summed E-state index contributed by atoms with van der Waals surface area (Å²) in [6.45, 7) is 3.52. The Bertz CT molecular complexity index is 755. The maximum absolute atomic E-state index is 13.3. The van der Waals surface area contributed by atoms with E-state index in [9.17, 15) is 12.8 Å². The van der Waals surface area contributed by atoms with E-state index in [0.717, 1.165) is 18.7 Å². The lowest BCUT2D eigenvalue weighted by atomic mass is 10.0. The van der Waals surface area contributed by atoms with Crippen molar-refractivity contribution in [3.05, 3.63) is 35.6 Å². The molecule has 0 aliphatic carbocycles. The third kappa shape index (κ3) is 6.53. The Hall–Kier alpha value is -0.980. The summed E-state index contributed by atoms with van der Waals surface area (Å²) in [6.07, 6.45) is 0.591. The molecule has 3 rings (SSSR count). The van der Waals surface area contributed by atoms with Crippen molar-refractivity contribution in [1.82, 2.24) is 15.5 Å². The van der Waals surface area contributed by atoms with E-state index >= 15 is 0 Å². The summed E-state index contributed by atoms with van der Waals surface area (Å²) >= 11 is 0. The Balaban J connectivity index is 0.00000280. The lowest BCUT2D eigenvalue weighted by Gasteiger charge is -2.35. The van der Waals surface area contributed by atoms with Gasteiger partial charge < -0.3 is 15.4 Å². The molecule has 28 heavy (non-hydrogen) atoms. The van der Waals surface area contributed by atoms with Gasteiger partial charge in [0.1, 0.15) is 5.82 Å². The molecule has 2 N–H and O–H groups in total. The number of ether oxygens (including phenoxy) is 1. The van der Waals surface area contributed by atoms with E-state index in [4.69, 9.17) is 4.74 Å². The summed E-state index contributed by atoms with van der Waals surface area (Å²) in [5.41, 5.74) is 1.02. The van der Waals surface area contributed by atoms with Crippen molar-refractivity contribution >= 4 is 39.8 Å². The topological polar surface area (TPSA) is 83.0 Å². The largest absolute Gasteiger partial charge is 0.379 e. The molecule has 1 aromatic rings. The Morgan fingerprint density at radius 1 is 1.32 bits per heavy atom. The standard InChI is InChI=1S/C18H27FN4O3S.HI/c1-20-18(22-16-6-11-27(24,25)13-16)21-12-17(23-7-9-26-10-8-23)14-2-4-15(19)5-3-14;/h2-5,16-17H,6-13H2,1H3,(H2,20,21,22);1H. The molecule has 2 atom stereocenters. The fourth-order valence-electron chi connectivity index (χ4n) is 3.52. The number of aliphatic imine (C=N–C) groups is 1. The molecule has 0 amide bonds. The number of guanidine groups is 1. The third-order valence-electron chi connectivity index (χ3n) is 5.00. The van der Waals surface area contributed by atoms with Crippen LogP contribution < -0.4 is 10.6 Å². The van der Waals surface area contributed by atoms with Gasteiger partial charge in [0.25, 0.3) is 0 Å². The van der Waals surface area contributed by atoms with Crippen molar-refractivity contribution in [3.8, 4) is 0 Å². The number of rotatable bonds is 5. The van der Waals surface area contributed by atoms with E-state index in [-0.39, 0.29) is 53.4 Å². The van der Waals surface area contributed by atoms with Crippen LogP contribution in [-0.4, -0.2) is 76.7 Å². The number of halogens is 2. The molecule has 2 heterocycles. The molecule has 2 fully saturated rings. The number of nitrogens with zero attached hydrogens (tertiary/aromatic N) is 2. The average Bonchev–Trinajstić information content (AvgIpc) is 3.01. The molecule has 0 radical (unpaired) electrons. The van der Waals surface area contributed by atoms with Gasteiger partial charge in [-0.15, -0.1) is 24.0 Å². The Labute approximate surface area is 183 Å². The molecule has 0 spiro atoms. The zero-order valence-corrected chi connectivity index (χ0v) is 19.1. The highest BCUT2D eigenvalue weighted by molar-refractivity contribution is 14.0. The van der Waals surface area contributed by atoms with Crippen LogP contribution in [0.5, 0.6) is 0 Å². The van der Waals surface area contributed by atoms with Gasteiger partial charge in [-0.3, -0.25) is 9.89 Å². The molecule has 2 saturated heterocycles. The van der Waals surface area contributed by atoms with Gasteiger partial charge in [-0.05, 0) is 24.1 Å². The van der Waals surface area contributed by atoms with Gasteiger partial charge in [-0.25, -0.2) is 12.8 Å². The third-order valence-corrected chi connectivity index (χ3v) is 6.77. The Morgan fingerprint density at radius 3 is 2.57 bits per heavy atom. The molecule has 2 unspecified atom stereocenters. The maximum atomic E-state index is 13.3. The zero-order valence-electron chi connectivity index (χ0n) is 15.9. The zero-order chi connectivity index (χ0) is 19.3. The molecule has 10 heteroatoms. The number of hydrogen-bond donors (Lipinski definition) is 2. The lowest BCUT2D eigenvalue weighted by molar-refractivity contribution is 0.0170. The monoisotopic (exact) mass is 526 g/mol. The van der Waals surface area contributed by atoms with Crippen LogP contribution in [-0.2, 0) is 14.6 Å². The molecule has 2 aliphatic rings. The highest BCUT2D eigenvalue weighted by Crippen LogP contribution is 2.21. The molecule has 0 aromatic heterocycles. The fourth-order valence-corrected chi connectivity index (χ4v) is 5.20. The summed E-state index contributed by atoms with van der Waals surface area (Å²) in [4.78, 5) is 6.52. The van der Waals surface area contributed by atoms with Crippen LogP contribution >= 0.6 is 24.0 Å². The molecule has 0 bridgehead atoms. The smallest absolute Gasteiger partial charge is 0.191 e. The molecule has 7 nitrogen and oxygen atoms in total. The van der Waals surface area contributed by atoms with Gasteiger partial charge in [0.2, 0.25) is 0 Å². The summed E-state index contributed by atoms with van der Waals surface area (Å²) in [7, 11) is -1.28. The lowest BCUT2D eigenvalue weighted by Crippen LogP contribution is -2.48. The molecule has 2 aliphatic heterocycles. The van der Waals surface area contributed by atoms with Gasteiger partial charge in [0, 0.05) is 32.7 Å². The molecular formula is C18H28FIN4O3S. The summed E-state index contributed by atoms with van der Waals surface area (Å²) in [5, 5.41) is 6.50. The fraction of sp³-hybridized carbons (Fsp3) is 0.611. The van der Waals surface area contributed by atoms with Crippen LogP contribution in [0.1, 0.15) is 18.0 Å². The minimum atomic E-state index is -2.95. The quantitative estimate of drug-likeness (QED) is 0.341. The highest BCUT2D eigenvalue weighted by atomic mass is 127. The first-order valence-electron chi connectivity index (χ1n) is 9.22. The molecule has 158 valence electrons.